The Morgan fingerprint density at radius 3 is 3.09 bits per heavy atom. The van der Waals surface area contributed by atoms with E-state index in [0.717, 1.165) is 0 Å². The van der Waals surface area contributed by atoms with Crippen LogP contribution in [-0.2, 0) is 0 Å². The molecule has 0 bridgehead atoms. The van der Waals surface area contributed by atoms with Gasteiger partial charge in [-0.15, -0.1) is 0 Å². The van der Waals surface area contributed by atoms with Crippen molar-refractivity contribution in [2.24, 2.45) is 0 Å². The minimum atomic E-state index is 0.0649. The lowest BCUT2D eigenvalue weighted by molar-refractivity contribution is 0.317. The molecule has 0 amide bonds. The molecule has 0 unspecified atom stereocenters. The Balaban J connectivity index is 2.93. The highest BCUT2D eigenvalue weighted by atomic mass is 79.9. The zero-order valence-electron chi connectivity index (χ0n) is 6.04. The summed E-state index contributed by atoms with van der Waals surface area (Å²) >= 11 is 3.16. The standard InChI is InChI=1S/C7H8BrNO2/c1-2-11-6-3-7(8)9-4-5(6)10/h3-4,10H,2H2,1H3. The van der Waals surface area contributed by atoms with Crippen molar-refractivity contribution < 1.29 is 9.84 Å². The summed E-state index contributed by atoms with van der Waals surface area (Å²) in [5, 5.41) is 9.16. The van der Waals surface area contributed by atoms with E-state index in [9.17, 15) is 0 Å². The molecule has 0 atom stereocenters. The summed E-state index contributed by atoms with van der Waals surface area (Å²) in [6.45, 7) is 2.39. The molecule has 1 rings (SSSR count). The Bertz CT molecular complexity index is 252. The molecule has 1 aromatic rings. The van der Waals surface area contributed by atoms with Crippen LogP contribution in [0, 0.1) is 0 Å². The second-order valence-electron chi connectivity index (χ2n) is 1.91. The highest BCUT2D eigenvalue weighted by Crippen LogP contribution is 2.26. The number of nitrogens with zero attached hydrogens (tertiary/aromatic N) is 1. The monoisotopic (exact) mass is 217 g/mol. The van der Waals surface area contributed by atoms with Crippen LogP contribution in [0.5, 0.6) is 11.5 Å². The van der Waals surface area contributed by atoms with Gasteiger partial charge >= 0.3 is 0 Å². The van der Waals surface area contributed by atoms with E-state index in [-0.39, 0.29) is 5.75 Å². The Hall–Kier alpha value is -0.770. The first-order chi connectivity index (χ1) is 5.24. The van der Waals surface area contributed by atoms with Gasteiger partial charge in [0, 0.05) is 6.07 Å². The van der Waals surface area contributed by atoms with Gasteiger partial charge < -0.3 is 9.84 Å². The van der Waals surface area contributed by atoms with Crippen LogP contribution < -0.4 is 4.74 Å². The van der Waals surface area contributed by atoms with Gasteiger partial charge in [0.15, 0.2) is 11.5 Å². The minimum Gasteiger partial charge on any atom is -0.503 e. The summed E-state index contributed by atoms with van der Waals surface area (Å²) in [4.78, 5) is 3.81. The zero-order chi connectivity index (χ0) is 8.27. The van der Waals surface area contributed by atoms with Crippen molar-refractivity contribution in [3.63, 3.8) is 0 Å². The second kappa shape index (κ2) is 3.57. The zero-order valence-corrected chi connectivity index (χ0v) is 7.63. The van der Waals surface area contributed by atoms with Gasteiger partial charge in [0.05, 0.1) is 12.8 Å². The van der Waals surface area contributed by atoms with Gasteiger partial charge in [-0.25, -0.2) is 4.98 Å². The van der Waals surface area contributed by atoms with Crippen molar-refractivity contribution >= 4 is 15.9 Å². The lowest BCUT2D eigenvalue weighted by Gasteiger charge is -2.04. The molecule has 0 saturated heterocycles. The lowest BCUT2D eigenvalue weighted by atomic mass is 10.4. The summed E-state index contributed by atoms with van der Waals surface area (Å²) < 4.78 is 5.75. The van der Waals surface area contributed by atoms with Gasteiger partial charge in [0.25, 0.3) is 0 Å². The number of hydrogen-bond donors (Lipinski definition) is 1. The maximum absolute atomic E-state index is 9.16. The first kappa shape index (κ1) is 8.33. The number of ether oxygens (including phenoxy) is 1. The quantitative estimate of drug-likeness (QED) is 0.771. The fraction of sp³-hybridized carbons (Fsp3) is 0.286. The summed E-state index contributed by atoms with van der Waals surface area (Å²) in [6, 6.07) is 1.62. The SMILES string of the molecule is CCOc1cc(Br)ncc1O. The highest BCUT2D eigenvalue weighted by molar-refractivity contribution is 9.10. The predicted octanol–water partition coefficient (Wildman–Crippen LogP) is 1.95. The van der Waals surface area contributed by atoms with Crippen LogP contribution in [0.2, 0.25) is 0 Å². The molecule has 0 saturated carbocycles. The van der Waals surface area contributed by atoms with E-state index in [4.69, 9.17) is 9.84 Å². The largest absolute Gasteiger partial charge is 0.503 e. The maximum atomic E-state index is 9.16. The number of halogens is 1. The van der Waals surface area contributed by atoms with E-state index in [1.807, 2.05) is 6.92 Å². The fourth-order valence-electron chi connectivity index (χ4n) is 0.677. The molecule has 0 aromatic carbocycles. The number of aromatic hydroxyl groups is 1. The van der Waals surface area contributed by atoms with Crippen LogP contribution in [0.3, 0.4) is 0 Å². The molecule has 0 fully saturated rings. The third-order valence-electron chi connectivity index (χ3n) is 1.11. The predicted molar refractivity (Wildman–Crippen MR) is 44.8 cm³/mol. The molecular weight excluding hydrogens is 210 g/mol. The van der Waals surface area contributed by atoms with E-state index >= 15 is 0 Å². The van der Waals surface area contributed by atoms with Crippen LogP contribution in [0.15, 0.2) is 16.9 Å². The van der Waals surface area contributed by atoms with Crippen molar-refractivity contribution in [1.29, 1.82) is 0 Å². The summed E-state index contributed by atoms with van der Waals surface area (Å²) in [5.74, 6) is 0.518. The molecule has 0 spiro atoms. The van der Waals surface area contributed by atoms with Crippen LogP contribution in [0.4, 0.5) is 0 Å². The molecule has 0 radical (unpaired) electrons. The van der Waals surface area contributed by atoms with Gasteiger partial charge in [0.1, 0.15) is 4.60 Å². The number of pyridine rings is 1. The van der Waals surface area contributed by atoms with E-state index < -0.39 is 0 Å². The van der Waals surface area contributed by atoms with Crippen molar-refractivity contribution in [2.75, 3.05) is 6.61 Å². The van der Waals surface area contributed by atoms with Gasteiger partial charge in [-0.1, -0.05) is 0 Å². The minimum absolute atomic E-state index is 0.0649. The highest BCUT2D eigenvalue weighted by Gasteiger charge is 2.01. The molecule has 11 heavy (non-hydrogen) atoms. The van der Waals surface area contributed by atoms with Crippen molar-refractivity contribution in [1.82, 2.24) is 4.98 Å². The summed E-state index contributed by atoms with van der Waals surface area (Å²) in [7, 11) is 0. The molecule has 1 N–H and O–H groups in total. The van der Waals surface area contributed by atoms with Gasteiger partial charge in [0.2, 0.25) is 0 Å². The molecule has 1 heterocycles. The second-order valence-corrected chi connectivity index (χ2v) is 2.72. The third kappa shape index (κ3) is 2.08. The molecule has 3 nitrogen and oxygen atoms in total. The van der Waals surface area contributed by atoms with Crippen molar-refractivity contribution in [3.05, 3.63) is 16.9 Å². The first-order valence-corrected chi connectivity index (χ1v) is 4.00. The molecule has 0 aliphatic rings. The van der Waals surface area contributed by atoms with Gasteiger partial charge in [-0.2, -0.15) is 0 Å². The average molecular weight is 218 g/mol. The number of hydrogen-bond acceptors (Lipinski definition) is 3. The summed E-state index contributed by atoms with van der Waals surface area (Å²) in [6.07, 6.45) is 1.34. The number of aromatic nitrogens is 1. The Morgan fingerprint density at radius 1 is 1.73 bits per heavy atom. The van der Waals surface area contributed by atoms with Gasteiger partial charge in [-0.05, 0) is 22.9 Å². The fourth-order valence-corrected chi connectivity index (χ4v) is 0.987. The number of rotatable bonds is 2. The normalized spacial score (nSPS) is 9.64. The van der Waals surface area contributed by atoms with Crippen LogP contribution >= 0.6 is 15.9 Å². The maximum Gasteiger partial charge on any atom is 0.176 e. The molecular formula is C7H8BrNO2. The molecule has 0 aliphatic heterocycles. The van der Waals surface area contributed by atoms with E-state index in [1.54, 1.807) is 6.07 Å². The van der Waals surface area contributed by atoms with Crippen LogP contribution in [0.25, 0.3) is 0 Å². The van der Waals surface area contributed by atoms with E-state index in [1.165, 1.54) is 6.20 Å². The first-order valence-electron chi connectivity index (χ1n) is 3.21. The Labute approximate surface area is 73.2 Å². The Kier molecular flexibility index (Phi) is 2.70. The topological polar surface area (TPSA) is 42.4 Å². The smallest absolute Gasteiger partial charge is 0.176 e. The van der Waals surface area contributed by atoms with Crippen molar-refractivity contribution in [3.8, 4) is 11.5 Å². The molecule has 0 aliphatic carbocycles. The molecule has 4 heteroatoms. The van der Waals surface area contributed by atoms with Crippen molar-refractivity contribution in [2.45, 2.75) is 6.92 Å². The lowest BCUT2D eigenvalue weighted by Crippen LogP contribution is -1.92. The average Bonchev–Trinajstić information content (AvgIpc) is 1.98. The third-order valence-corrected chi connectivity index (χ3v) is 1.55. The molecule has 1 aromatic heterocycles. The summed E-state index contributed by atoms with van der Waals surface area (Å²) in [5.41, 5.74) is 0. The van der Waals surface area contributed by atoms with Crippen LogP contribution in [0.1, 0.15) is 6.92 Å². The molecule has 60 valence electrons. The van der Waals surface area contributed by atoms with Crippen LogP contribution in [-0.4, -0.2) is 16.7 Å². The van der Waals surface area contributed by atoms with E-state index in [0.29, 0.717) is 17.0 Å². The Morgan fingerprint density at radius 2 is 2.45 bits per heavy atom. The van der Waals surface area contributed by atoms with E-state index in [2.05, 4.69) is 20.9 Å². The van der Waals surface area contributed by atoms with Gasteiger partial charge in [-0.3, -0.25) is 0 Å².